The van der Waals surface area contributed by atoms with E-state index in [1.165, 1.54) is 17.0 Å². The maximum atomic E-state index is 13.5. The highest BCUT2D eigenvalue weighted by molar-refractivity contribution is 6.54. The molecule has 0 spiro atoms. The van der Waals surface area contributed by atoms with E-state index in [-0.39, 0.29) is 17.1 Å². The summed E-state index contributed by atoms with van der Waals surface area (Å²) < 4.78 is 13.5. The smallest absolute Gasteiger partial charge is 0.299 e. The van der Waals surface area contributed by atoms with E-state index in [1.54, 1.807) is 24.3 Å². The van der Waals surface area contributed by atoms with E-state index >= 15 is 0 Å². The van der Waals surface area contributed by atoms with Crippen molar-refractivity contribution >= 4 is 40.6 Å². The number of anilines is 1. The lowest BCUT2D eigenvalue weighted by molar-refractivity contribution is -0.114. The number of rotatable bonds is 2. The molecule has 0 aliphatic carbocycles. The maximum Gasteiger partial charge on any atom is 0.299 e. The summed E-state index contributed by atoms with van der Waals surface area (Å²) in [5.41, 5.74) is 1.15. The number of hydrogen-bond donors (Lipinski definition) is 0. The van der Waals surface area contributed by atoms with Crippen molar-refractivity contribution in [2.75, 3.05) is 4.90 Å². The van der Waals surface area contributed by atoms with Crippen molar-refractivity contribution in [3.05, 3.63) is 63.4 Å². The number of fused-ring (bicyclic) bond motifs is 1. The number of hydrogen-bond acceptors (Lipinski definition) is 2. The second-order valence-corrected chi connectivity index (χ2v) is 5.42. The Labute approximate surface area is 129 Å². The van der Waals surface area contributed by atoms with Gasteiger partial charge in [-0.25, -0.2) is 4.39 Å². The lowest BCUT2D eigenvalue weighted by Crippen LogP contribution is -2.29. The summed E-state index contributed by atoms with van der Waals surface area (Å²) in [6, 6.07) is 8.98. The monoisotopic (exact) mass is 323 g/mol. The van der Waals surface area contributed by atoms with Crippen LogP contribution < -0.4 is 4.90 Å². The molecule has 0 unspecified atom stereocenters. The first-order valence-corrected chi connectivity index (χ1v) is 6.83. The van der Waals surface area contributed by atoms with E-state index < -0.39 is 17.5 Å². The first-order valence-electron chi connectivity index (χ1n) is 6.07. The van der Waals surface area contributed by atoms with Crippen molar-refractivity contribution in [2.24, 2.45) is 0 Å². The molecular weight excluding hydrogens is 316 g/mol. The topological polar surface area (TPSA) is 37.4 Å². The van der Waals surface area contributed by atoms with Gasteiger partial charge in [-0.1, -0.05) is 35.3 Å². The lowest BCUT2D eigenvalue weighted by atomic mass is 10.1. The highest BCUT2D eigenvalue weighted by atomic mass is 35.5. The molecule has 2 aromatic carbocycles. The number of Topliss-reactive ketones (excluding diaryl/α,β-unsaturated/α-hetero) is 1. The third-order valence-corrected chi connectivity index (χ3v) is 3.88. The van der Waals surface area contributed by atoms with Gasteiger partial charge in [-0.15, -0.1) is 0 Å². The molecule has 0 saturated heterocycles. The fraction of sp³-hybridized carbons (Fsp3) is 0.0667. The molecule has 1 aliphatic rings. The minimum atomic E-state index is -0.673. The Morgan fingerprint density at radius 3 is 2.52 bits per heavy atom. The Morgan fingerprint density at radius 2 is 1.81 bits per heavy atom. The fourth-order valence-electron chi connectivity index (χ4n) is 2.28. The molecule has 0 N–H and O–H groups in total. The van der Waals surface area contributed by atoms with Crippen molar-refractivity contribution in [1.29, 1.82) is 0 Å². The van der Waals surface area contributed by atoms with Crippen LogP contribution in [0, 0.1) is 5.82 Å². The molecule has 3 rings (SSSR count). The molecule has 0 saturated carbocycles. The van der Waals surface area contributed by atoms with Crippen LogP contribution in [0.1, 0.15) is 15.9 Å². The Hall–Kier alpha value is -1.91. The minimum Gasteiger partial charge on any atom is -0.299 e. The van der Waals surface area contributed by atoms with Crippen LogP contribution in [0.25, 0.3) is 0 Å². The molecule has 106 valence electrons. The summed E-state index contributed by atoms with van der Waals surface area (Å²) in [4.78, 5) is 25.2. The Balaban J connectivity index is 2.02. The van der Waals surface area contributed by atoms with Gasteiger partial charge >= 0.3 is 0 Å². The van der Waals surface area contributed by atoms with Crippen molar-refractivity contribution < 1.29 is 14.0 Å². The molecule has 6 heteroatoms. The van der Waals surface area contributed by atoms with Gasteiger partial charge in [0.15, 0.2) is 0 Å². The molecular formula is C15H8Cl2FNO2. The highest BCUT2D eigenvalue weighted by Gasteiger charge is 2.37. The number of carbonyl (C=O) groups is 2. The van der Waals surface area contributed by atoms with E-state index in [9.17, 15) is 14.0 Å². The number of carbonyl (C=O) groups excluding carboxylic acids is 2. The first-order chi connectivity index (χ1) is 9.99. The SMILES string of the molecule is O=C1C(=O)N(Cc2ccc(Cl)c(F)c2)c2c(Cl)cccc21. The molecule has 1 aliphatic heterocycles. The van der Waals surface area contributed by atoms with Gasteiger partial charge in [-0.05, 0) is 29.8 Å². The molecule has 1 amide bonds. The Kier molecular flexibility index (Phi) is 3.43. The van der Waals surface area contributed by atoms with Crippen LogP contribution >= 0.6 is 23.2 Å². The minimum absolute atomic E-state index is 0.000933. The summed E-state index contributed by atoms with van der Waals surface area (Å²) in [7, 11) is 0. The van der Waals surface area contributed by atoms with Crippen molar-refractivity contribution in [3.63, 3.8) is 0 Å². The fourth-order valence-corrected chi connectivity index (χ4v) is 2.68. The summed E-state index contributed by atoms with van der Waals surface area (Å²) in [5.74, 6) is -1.86. The predicted molar refractivity (Wildman–Crippen MR) is 78.4 cm³/mol. The molecule has 0 radical (unpaired) electrons. The zero-order valence-corrected chi connectivity index (χ0v) is 12.1. The zero-order chi connectivity index (χ0) is 15.1. The van der Waals surface area contributed by atoms with Crippen molar-refractivity contribution in [2.45, 2.75) is 6.54 Å². The normalized spacial score (nSPS) is 13.8. The molecule has 1 heterocycles. The van der Waals surface area contributed by atoms with Crippen LogP contribution in [-0.4, -0.2) is 11.7 Å². The lowest BCUT2D eigenvalue weighted by Gasteiger charge is -2.17. The number of benzene rings is 2. The van der Waals surface area contributed by atoms with E-state index in [4.69, 9.17) is 23.2 Å². The van der Waals surface area contributed by atoms with Crippen LogP contribution in [0.3, 0.4) is 0 Å². The van der Waals surface area contributed by atoms with Gasteiger partial charge in [0.1, 0.15) is 5.82 Å². The second-order valence-electron chi connectivity index (χ2n) is 4.60. The van der Waals surface area contributed by atoms with Crippen LogP contribution in [0.4, 0.5) is 10.1 Å². The van der Waals surface area contributed by atoms with Gasteiger partial charge in [0, 0.05) is 0 Å². The largest absolute Gasteiger partial charge is 0.299 e. The van der Waals surface area contributed by atoms with E-state index in [2.05, 4.69) is 0 Å². The second kappa shape index (κ2) is 5.13. The van der Waals surface area contributed by atoms with Crippen molar-refractivity contribution in [1.82, 2.24) is 0 Å². The third-order valence-electron chi connectivity index (χ3n) is 3.27. The number of halogens is 3. The van der Waals surface area contributed by atoms with Crippen LogP contribution in [0.15, 0.2) is 36.4 Å². The highest BCUT2D eigenvalue weighted by Crippen LogP contribution is 2.36. The van der Waals surface area contributed by atoms with Crippen LogP contribution in [0.2, 0.25) is 10.0 Å². The third kappa shape index (κ3) is 2.30. The molecule has 3 nitrogen and oxygen atoms in total. The maximum absolute atomic E-state index is 13.5. The molecule has 21 heavy (non-hydrogen) atoms. The van der Waals surface area contributed by atoms with Gasteiger partial charge in [-0.2, -0.15) is 0 Å². The Morgan fingerprint density at radius 1 is 1.05 bits per heavy atom. The van der Waals surface area contributed by atoms with Crippen molar-refractivity contribution in [3.8, 4) is 0 Å². The predicted octanol–water partition coefficient (Wildman–Crippen LogP) is 3.86. The number of nitrogens with zero attached hydrogens (tertiary/aromatic N) is 1. The van der Waals surface area contributed by atoms with Gasteiger partial charge < -0.3 is 0 Å². The molecule has 0 atom stereocenters. The zero-order valence-electron chi connectivity index (χ0n) is 10.6. The molecule has 2 aromatic rings. The Bertz CT molecular complexity index is 776. The first kappa shape index (κ1) is 14.0. The average molecular weight is 324 g/mol. The summed E-state index contributed by atoms with van der Waals surface area (Å²) >= 11 is 11.7. The van der Waals surface area contributed by atoms with E-state index in [0.717, 1.165) is 0 Å². The van der Waals surface area contributed by atoms with Gasteiger partial charge in [0.25, 0.3) is 11.7 Å². The molecule has 0 aromatic heterocycles. The molecule has 0 fully saturated rings. The summed E-state index contributed by atoms with van der Waals surface area (Å²) in [6.45, 7) is 0.0510. The van der Waals surface area contributed by atoms with E-state index in [1.807, 2.05) is 0 Å². The number of ketones is 1. The van der Waals surface area contributed by atoms with Gasteiger partial charge in [0.2, 0.25) is 0 Å². The summed E-state index contributed by atoms with van der Waals surface area (Å²) in [5, 5.41) is 0.308. The van der Waals surface area contributed by atoms with E-state index in [0.29, 0.717) is 16.3 Å². The summed E-state index contributed by atoms with van der Waals surface area (Å²) in [6.07, 6.45) is 0. The number of amides is 1. The standard InChI is InChI=1S/C15H8Cl2FNO2/c16-10-5-4-8(6-12(10)18)7-19-13-9(14(20)15(19)21)2-1-3-11(13)17/h1-6H,7H2. The number of para-hydroxylation sites is 1. The quantitative estimate of drug-likeness (QED) is 0.787. The van der Waals surface area contributed by atoms with Crippen LogP contribution in [0.5, 0.6) is 0 Å². The average Bonchev–Trinajstić information content (AvgIpc) is 2.69. The molecule has 0 bridgehead atoms. The van der Waals surface area contributed by atoms with Gasteiger partial charge in [-0.3, -0.25) is 14.5 Å². The van der Waals surface area contributed by atoms with Crippen LogP contribution in [-0.2, 0) is 11.3 Å². The van der Waals surface area contributed by atoms with Gasteiger partial charge in [0.05, 0.1) is 27.8 Å².